The predicted octanol–water partition coefficient (Wildman–Crippen LogP) is 1.79. The quantitative estimate of drug-likeness (QED) is 0.885. The van der Waals surface area contributed by atoms with Gasteiger partial charge in [0.25, 0.3) is 5.91 Å². The molecule has 118 valence electrons. The zero-order chi connectivity index (χ0) is 15.4. The van der Waals surface area contributed by atoms with Gasteiger partial charge in [-0.2, -0.15) is 0 Å². The molecule has 0 radical (unpaired) electrons. The van der Waals surface area contributed by atoms with E-state index < -0.39 is 0 Å². The Morgan fingerprint density at radius 2 is 2.14 bits per heavy atom. The highest BCUT2D eigenvalue weighted by atomic mass is 16.5. The smallest absolute Gasteiger partial charge is 0.267 e. The fourth-order valence-electron chi connectivity index (χ4n) is 2.77. The molecule has 0 aliphatic carbocycles. The molecule has 3 rings (SSSR count). The normalized spacial score (nSPS) is 16.0. The second kappa shape index (κ2) is 6.94. The number of fused-ring (bicyclic) bond motifs is 1. The van der Waals surface area contributed by atoms with Gasteiger partial charge in [-0.25, -0.2) is 0 Å². The number of carbonyl (C=O) groups is 1. The summed E-state index contributed by atoms with van der Waals surface area (Å²) in [6.07, 6.45) is 1.00. The second-order valence-corrected chi connectivity index (χ2v) is 5.67. The number of amides is 1. The summed E-state index contributed by atoms with van der Waals surface area (Å²) in [6.45, 7) is 7.13. The molecule has 2 heterocycles. The summed E-state index contributed by atoms with van der Waals surface area (Å²) in [4.78, 5) is 17.7. The van der Waals surface area contributed by atoms with Crippen molar-refractivity contribution in [1.82, 2.24) is 15.2 Å². The van der Waals surface area contributed by atoms with Crippen LogP contribution in [0.1, 0.15) is 23.0 Å². The van der Waals surface area contributed by atoms with E-state index in [4.69, 9.17) is 4.74 Å². The van der Waals surface area contributed by atoms with E-state index in [1.54, 1.807) is 0 Å². The molecule has 1 aliphatic rings. The minimum atomic E-state index is -0.0393. The Balaban J connectivity index is 1.57. The van der Waals surface area contributed by atoms with Gasteiger partial charge in [0, 0.05) is 37.1 Å². The lowest BCUT2D eigenvalue weighted by Gasteiger charge is -2.26. The number of benzene rings is 1. The van der Waals surface area contributed by atoms with Crippen LogP contribution in [0, 0.1) is 0 Å². The van der Waals surface area contributed by atoms with E-state index in [0.717, 1.165) is 50.2 Å². The van der Waals surface area contributed by atoms with Crippen LogP contribution in [-0.2, 0) is 11.2 Å². The first-order valence-electron chi connectivity index (χ1n) is 7.96. The first-order valence-corrected chi connectivity index (χ1v) is 7.96. The molecular formula is C17H23N3O2. The molecule has 0 bridgehead atoms. The van der Waals surface area contributed by atoms with Gasteiger partial charge in [-0.1, -0.05) is 13.0 Å². The third-order valence-electron chi connectivity index (χ3n) is 4.16. The number of morpholine rings is 1. The lowest BCUT2D eigenvalue weighted by Crippen LogP contribution is -2.41. The fourth-order valence-corrected chi connectivity index (χ4v) is 2.77. The fraction of sp³-hybridized carbons (Fsp3) is 0.471. The van der Waals surface area contributed by atoms with E-state index in [1.165, 1.54) is 5.56 Å². The summed E-state index contributed by atoms with van der Waals surface area (Å²) in [5.41, 5.74) is 2.92. The zero-order valence-electron chi connectivity index (χ0n) is 13.0. The van der Waals surface area contributed by atoms with Gasteiger partial charge in [-0.05, 0) is 30.2 Å². The van der Waals surface area contributed by atoms with Gasteiger partial charge < -0.3 is 15.0 Å². The molecule has 1 amide bonds. The van der Waals surface area contributed by atoms with Crippen molar-refractivity contribution in [3.63, 3.8) is 0 Å². The van der Waals surface area contributed by atoms with E-state index in [0.29, 0.717) is 12.2 Å². The molecule has 5 heteroatoms. The summed E-state index contributed by atoms with van der Waals surface area (Å²) in [7, 11) is 0. The van der Waals surface area contributed by atoms with Crippen LogP contribution in [0.4, 0.5) is 0 Å². The minimum Gasteiger partial charge on any atom is -0.379 e. The highest BCUT2D eigenvalue weighted by Crippen LogP contribution is 2.17. The lowest BCUT2D eigenvalue weighted by atomic mass is 10.1. The second-order valence-electron chi connectivity index (χ2n) is 5.67. The Hall–Kier alpha value is -1.85. The maximum absolute atomic E-state index is 12.2. The van der Waals surface area contributed by atoms with Crippen LogP contribution in [0.5, 0.6) is 0 Å². The van der Waals surface area contributed by atoms with Crippen LogP contribution >= 0.6 is 0 Å². The molecule has 0 spiro atoms. The van der Waals surface area contributed by atoms with Crippen molar-refractivity contribution < 1.29 is 9.53 Å². The van der Waals surface area contributed by atoms with Crippen molar-refractivity contribution in [2.24, 2.45) is 0 Å². The number of nitrogens with one attached hydrogen (secondary N) is 2. The molecule has 1 fully saturated rings. The number of hydrogen-bond acceptors (Lipinski definition) is 3. The molecule has 1 aromatic carbocycles. The molecule has 1 aromatic heterocycles. The number of rotatable bonds is 5. The number of aromatic amines is 1. The van der Waals surface area contributed by atoms with Crippen molar-refractivity contribution in [2.75, 3.05) is 39.4 Å². The summed E-state index contributed by atoms with van der Waals surface area (Å²) in [5.74, 6) is -0.0393. The molecule has 2 aromatic rings. The van der Waals surface area contributed by atoms with Crippen LogP contribution in [0.2, 0.25) is 0 Å². The Kier molecular flexibility index (Phi) is 4.75. The number of H-pyrrole nitrogens is 1. The predicted molar refractivity (Wildman–Crippen MR) is 87.3 cm³/mol. The summed E-state index contributed by atoms with van der Waals surface area (Å²) in [5, 5.41) is 4.08. The number of ether oxygens (including phenoxy) is 1. The van der Waals surface area contributed by atoms with E-state index in [1.807, 2.05) is 12.1 Å². The molecule has 5 nitrogen and oxygen atoms in total. The zero-order valence-corrected chi connectivity index (χ0v) is 13.0. The molecular weight excluding hydrogens is 278 g/mol. The van der Waals surface area contributed by atoms with Crippen LogP contribution in [0.25, 0.3) is 10.9 Å². The van der Waals surface area contributed by atoms with Gasteiger partial charge in [-0.3, -0.25) is 9.69 Å². The molecule has 0 saturated carbocycles. The number of carbonyl (C=O) groups excluding carboxylic acids is 1. The van der Waals surface area contributed by atoms with Gasteiger partial charge in [0.2, 0.25) is 0 Å². The van der Waals surface area contributed by atoms with Gasteiger partial charge in [0.15, 0.2) is 0 Å². The third kappa shape index (κ3) is 3.48. The molecule has 0 unspecified atom stereocenters. The average Bonchev–Trinajstić information content (AvgIpc) is 2.99. The van der Waals surface area contributed by atoms with Gasteiger partial charge >= 0.3 is 0 Å². The largest absolute Gasteiger partial charge is 0.379 e. The number of nitrogens with zero attached hydrogens (tertiary/aromatic N) is 1. The molecule has 0 atom stereocenters. The lowest BCUT2D eigenvalue weighted by molar-refractivity contribution is 0.0383. The number of aryl methyl sites for hydroxylation is 1. The summed E-state index contributed by atoms with van der Waals surface area (Å²) < 4.78 is 5.31. The SMILES string of the molecule is CCc1ccc2[nH]c(C(=O)NCCN3CCOCC3)cc2c1. The monoisotopic (exact) mass is 301 g/mol. The van der Waals surface area contributed by atoms with E-state index in [9.17, 15) is 4.79 Å². The van der Waals surface area contributed by atoms with Crippen molar-refractivity contribution in [3.05, 3.63) is 35.5 Å². The molecule has 2 N–H and O–H groups in total. The molecule has 1 aliphatic heterocycles. The summed E-state index contributed by atoms with van der Waals surface area (Å²) >= 11 is 0. The first-order chi connectivity index (χ1) is 10.8. The van der Waals surface area contributed by atoms with Crippen molar-refractivity contribution in [1.29, 1.82) is 0 Å². The van der Waals surface area contributed by atoms with Gasteiger partial charge in [0.1, 0.15) is 5.69 Å². The molecule has 1 saturated heterocycles. The van der Waals surface area contributed by atoms with Gasteiger partial charge in [-0.15, -0.1) is 0 Å². The van der Waals surface area contributed by atoms with Gasteiger partial charge in [0.05, 0.1) is 13.2 Å². The van der Waals surface area contributed by atoms with Crippen molar-refractivity contribution in [2.45, 2.75) is 13.3 Å². The van der Waals surface area contributed by atoms with E-state index in [2.05, 4.69) is 34.3 Å². The van der Waals surface area contributed by atoms with Crippen LogP contribution in [0.15, 0.2) is 24.3 Å². The average molecular weight is 301 g/mol. The maximum Gasteiger partial charge on any atom is 0.267 e. The number of hydrogen-bond donors (Lipinski definition) is 2. The third-order valence-corrected chi connectivity index (χ3v) is 4.16. The van der Waals surface area contributed by atoms with E-state index >= 15 is 0 Å². The Morgan fingerprint density at radius 3 is 2.91 bits per heavy atom. The maximum atomic E-state index is 12.2. The highest BCUT2D eigenvalue weighted by Gasteiger charge is 2.12. The Labute approximate surface area is 130 Å². The minimum absolute atomic E-state index is 0.0393. The Bertz CT molecular complexity index is 644. The topological polar surface area (TPSA) is 57.4 Å². The van der Waals surface area contributed by atoms with Crippen LogP contribution in [0.3, 0.4) is 0 Å². The van der Waals surface area contributed by atoms with Crippen molar-refractivity contribution >= 4 is 16.8 Å². The molecule has 22 heavy (non-hydrogen) atoms. The summed E-state index contributed by atoms with van der Waals surface area (Å²) in [6, 6.07) is 8.20. The standard InChI is InChI=1S/C17H23N3O2/c1-2-13-3-4-15-14(11-13)12-16(19-15)17(21)18-5-6-20-7-9-22-10-8-20/h3-4,11-12,19H,2,5-10H2,1H3,(H,18,21). The van der Waals surface area contributed by atoms with Crippen LogP contribution < -0.4 is 5.32 Å². The first kappa shape index (κ1) is 15.1. The number of aromatic nitrogens is 1. The Morgan fingerprint density at radius 1 is 1.32 bits per heavy atom. The highest BCUT2D eigenvalue weighted by molar-refractivity contribution is 5.98. The van der Waals surface area contributed by atoms with Crippen molar-refractivity contribution in [3.8, 4) is 0 Å². The van der Waals surface area contributed by atoms with E-state index in [-0.39, 0.29) is 5.91 Å². The van der Waals surface area contributed by atoms with Crippen LogP contribution in [-0.4, -0.2) is 55.2 Å².